The second-order valence-corrected chi connectivity index (χ2v) is 5.50. The van der Waals surface area contributed by atoms with Gasteiger partial charge in [0, 0.05) is 0 Å². The summed E-state index contributed by atoms with van der Waals surface area (Å²) in [7, 11) is 0. The van der Waals surface area contributed by atoms with Gasteiger partial charge in [-0.25, -0.2) is 4.79 Å². The number of halogens is 1. The number of hydrogen-bond donors (Lipinski definition) is 2. The zero-order valence-corrected chi connectivity index (χ0v) is 12.9. The van der Waals surface area contributed by atoms with Crippen LogP contribution >= 0.6 is 11.6 Å². The lowest BCUT2D eigenvalue weighted by molar-refractivity contribution is -0.140. The van der Waals surface area contributed by atoms with Crippen LogP contribution in [0.3, 0.4) is 0 Å². The molecule has 0 radical (unpaired) electrons. The molecule has 1 rings (SSSR count). The van der Waals surface area contributed by atoms with Crippen LogP contribution in [0, 0.1) is 19.8 Å². The van der Waals surface area contributed by atoms with Gasteiger partial charge in [-0.3, -0.25) is 4.79 Å². The van der Waals surface area contributed by atoms with Crippen molar-refractivity contribution >= 4 is 23.5 Å². The van der Waals surface area contributed by atoms with E-state index < -0.39 is 17.9 Å². The first-order chi connectivity index (χ1) is 9.27. The monoisotopic (exact) mass is 297 g/mol. The van der Waals surface area contributed by atoms with E-state index in [1.165, 1.54) is 0 Å². The van der Waals surface area contributed by atoms with Gasteiger partial charge >= 0.3 is 5.97 Å². The maximum atomic E-state index is 12.2. The highest BCUT2D eigenvalue weighted by Gasteiger charge is 2.26. The van der Waals surface area contributed by atoms with Gasteiger partial charge in [0.2, 0.25) is 0 Å². The molecule has 0 aliphatic carbocycles. The third-order valence-electron chi connectivity index (χ3n) is 3.59. The Hall–Kier alpha value is -1.55. The number of benzene rings is 1. The van der Waals surface area contributed by atoms with Gasteiger partial charge in [-0.1, -0.05) is 31.9 Å². The van der Waals surface area contributed by atoms with Crippen LogP contribution in [0.15, 0.2) is 12.1 Å². The first kappa shape index (κ1) is 16.5. The maximum absolute atomic E-state index is 12.2. The van der Waals surface area contributed by atoms with Crippen molar-refractivity contribution in [3.63, 3.8) is 0 Å². The summed E-state index contributed by atoms with van der Waals surface area (Å²) in [6.07, 6.45) is 0.665. The number of rotatable bonds is 5. The molecule has 0 aromatic heterocycles. The van der Waals surface area contributed by atoms with Gasteiger partial charge in [0.15, 0.2) is 0 Å². The van der Waals surface area contributed by atoms with Crippen molar-refractivity contribution in [2.45, 2.75) is 40.2 Å². The van der Waals surface area contributed by atoms with Crippen LogP contribution in [-0.4, -0.2) is 23.0 Å². The highest BCUT2D eigenvalue weighted by Crippen LogP contribution is 2.21. The molecule has 2 N–H and O–H groups in total. The van der Waals surface area contributed by atoms with Crippen molar-refractivity contribution in [1.82, 2.24) is 5.32 Å². The molecule has 0 saturated carbocycles. The standard InChI is InChI=1S/C15H20ClNO3/c1-5-8(2)13(15(19)20)17-14(18)11-6-9(3)10(4)7-12(11)16/h6-8,13H,5H2,1-4H3,(H,17,18)(H,19,20). The molecule has 1 aromatic carbocycles. The molecule has 5 heteroatoms. The van der Waals surface area contributed by atoms with Crippen LogP contribution < -0.4 is 5.32 Å². The smallest absolute Gasteiger partial charge is 0.326 e. The van der Waals surface area contributed by atoms with Gasteiger partial charge in [0.25, 0.3) is 5.91 Å². The Morgan fingerprint density at radius 1 is 1.30 bits per heavy atom. The highest BCUT2D eigenvalue weighted by atomic mass is 35.5. The topological polar surface area (TPSA) is 66.4 Å². The van der Waals surface area contributed by atoms with Crippen LogP contribution in [0.25, 0.3) is 0 Å². The van der Waals surface area contributed by atoms with E-state index in [2.05, 4.69) is 5.32 Å². The van der Waals surface area contributed by atoms with E-state index in [9.17, 15) is 14.7 Å². The Bertz CT molecular complexity index is 528. The van der Waals surface area contributed by atoms with E-state index in [0.717, 1.165) is 11.1 Å². The summed E-state index contributed by atoms with van der Waals surface area (Å²) in [5, 5.41) is 12.1. The summed E-state index contributed by atoms with van der Waals surface area (Å²) in [4.78, 5) is 23.4. The average molecular weight is 298 g/mol. The van der Waals surface area contributed by atoms with Crippen LogP contribution in [0.4, 0.5) is 0 Å². The van der Waals surface area contributed by atoms with Crippen molar-refractivity contribution in [2.75, 3.05) is 0 Å². The van der Waals surface area contributed by atoms with Crippen molar-refractivity contribution in [1.29, 1.82) is 0 Å². The number of aryl methyl sites for hydroxylation is 2. The van der Waals surface area contributed by atoms with Crippen LogP contribution in [0.1, 0.15) is 41.8 Å². The molecule has 2 unspecified atom stereocenters. The van der Waals surface area contributed by atoms with Gasteiger partial charge in [0.1, 0.15) is 6.04 Å². The molecular formula is C15H20ClNO3. The quantitative estimate of drug-likeness (QED) is 0.877. The fraction of sp³-hybridized carbons (Fsp3) is 0.467. The Labute approximate surface area is 124 Å². The first-order valence-electron chi connectivity index (χ1n) is 6.58. The SMILES string of the molecule is CCC(C)C(NC(=O)c1cc(C)c(C)cc1Cl)C(=O)O. The fourth-order valence-electron chi connectivity index (χ4n) is 1.86. The Morgan fingerprint density at radius 3 is 2.35 bits per heavy atom. The minimum atomic E-state index is -1.03. The predicted octanol–water partition coefficient (Wildman–Crippen LogP) is 3.19. The number of nitrogens with one attached hydrogen (secondary N) is 1. The van der Waals surface area contributed by atoms with E-state index in [-0.39, 0.29) is 5.92 Å². The largest absolute Gasteiger partial charge is 0.480 e. The van der Waals surface area contributed by atoms with E-state index in [1.807, 2.05) is 20.8 Å². The Kier molecular flexibility index (Phi) is 5.57. The summed E-state index contributed by atoms with van der Waals surface area (Å²) < 4.78 is 0. The van der Waals surface area contributed by atoms with E-state index in [1.54, 1.807) is 19.1 Å². The number of carboxylic acid groups (broad SMARTS) is 1. The van der Waals surface area contributed by atoms with Gasteiger partial charge in [0.05, 0.1) is 10.6 Å². The molecule has 0 fully saturated rings. The van der Waals surface area contributed by atoms with Crippen LogP contribution in [-0.2, 0) is 4.79 Å². The maximum Gasteiger partial charge on any atom is 0.326 e. The first-order valence-corrected chi connectivity index (χ1v) is 6.96. The van der Waals surface area contributed by atoms with Crippen molar-refractivity contribution in [2.24, 2.45) is 5.92 Å². The third-order valence-corrected chi connectivity index (χ3v) is 3.91. The molecule has 0 aliphatic heterocycles. The Morgan fingerprint density at radius 2 is 1.85 bits per heavy atom. The molecule has 2 atom stereocenters. The highest BCUT2D eigenvalue weighted by molar-refractivity contribution is 6.34. The van der Waals surface area contributed by atoms with Crippen molar-refractivity contribution in [3.05, 3.63) is 33.8 Å². The van der Waals surface area contributed by atoms with Crippen molar-refractivity contribution < 1.29 is 14.7 Å². The molecule has 0 aliphatic rings. The number of carboxylic acids is 1. The predicted molar refractivity (Wildman–Crippen MR) is 79.3 cm³/mol. The summed E-state index contributed by atoms with van der Waals surface area (Å²) in [6, 6.07) is 2.48. The number of aliphatic carboxylic acids is 1. The van der Waals surface area contributed by atoms with Gasteiger partial charge in [-0.2, -0.15) is 0 Å². The minimum Gasteiger partial charge on any atom is -0.480 e. The average Bonchev–Trinajstić information content (AvgIpc) is 2.38. The molecule has 0 saturated heterocycles. The van der Waals surface area contributed by atoms with Crippen LogP contribution in [0.2, 0.25) is 5.02 Å². The lowest BCUT2D eigenvalue weighted by Gasteiger charge is -2.20. The lowest BCUT2D eigenvalue weighted by Crippen LogP contribution is -2.45. The van der Waals surface area contributed by atoms with Crippen molar-refractivity contribution in [3.8, 4) is 0 Å². The number of amides is 1. The molecule has 20 heavy (non-hydrogen) atoms. The normalized spacial score (nSPS) is 13.7. The second-order valence-electron chi connectivity index (χ2n) is 5.09. The number of carbonyl (C=O) groups is 2. The lowest BCUT2D eigenvalue weighted by atomic mass is 9.98. The molecular weight excluding hydrogens is 278 g/mol. The molecule has 0 bridgehead atoms. The van der Waals surface area contributed by atoms with E-state index >= 15 is 0 Å². The fourth-order valence-corrected chi connectivity index (χ4v) is 2.16. The molecule has 1 aromatic rings. The zero-order chi connectivity index (χ0) is 15.4. The Balaban J connectivity index is 3.01. The summed E-state index contributed by atoms with van der Waals surface area (Å²) >= 11 is 6.06. The molecule has 0 spiro atoms. The van der Waals surface area contributed by atoms with Crippen LogP contribution in [0.5, 0.6) is 0 Å². The van der Waals surface area contributed by atoms with E-state index in [0.29, 0.717) is 17.0 Å². The molecule has 1 amide bonds. The van der Waals surface area contributed by atoms with E-state index in [4.69, 9.17) is 11.6 Å². The summed E-state index contributed by atoms with van der Waals surface area (Å²) in [5.74, 6) is -1.64. The second kappa shape index (κ2) is 6.75. The molecule has 0 heterocycles. The third kappa shape index (κ3) is 3.73. The summed E-state index contributed by atoms with van der Waals surface area (Å²) in [5.41, 5.74) is 2.24. The van der Waals surface area contributed by atoms with Gasteiger partial charge in [-0.15, -0.1) is 0 Å². The zero-order valence-electron chi connectivity index (χ0n) is 12.2. The molecule has 110 valence electrons. The van der Waals surface area contributed by atoms with Gasteiger partial charge in [-0.05, 0) is 43.0 Å². The minimum absolute atomic E-state index is 0.151. The van der Waals surface area contributed by atoms with Gasteiger partial charge < -0.3 is 10.4 Å². The summed E-state index contributed by atoms with van der Waals surface area (Å²) in [6.45, 7) is 7.46. The number of carbonyl (C=O) groups excluding carboxylic acids is 1. The molecule has 4 nitrogen and oxygen atoms in total. The number of hydrogen-bond acceptors (Lipinski definition) is 2.